The van der Waals surface area contributed by atoms with Gasteiger partial charge in [-0.25, -0.2) is 4.98 Å². The second kappa shape index (κ2) is 4.80. The van der Waals surface area contributed by atoms with E-state index in [4.69, 9.17) is 23.2 Å². The fraction of sp³-hybridized carbons (Fsp3) is 0.222. The van der Waals surface area contributed by atoms with Gasteiger partial charge in [0.1, 0.15) is 9.98 Å². The molecule has 0 aliphatic heterocycles. The molecule has 1 nitrogen and oxygen atoms in total. The number of fused-ring (bicyclic) bond motifs is 1. The molecule has 2 aromatic rings. The van der Waals surface area contributed by atoms with Gasteiger partial charge in [0.2, 0.25) is 0 Å². The first-order valence-electron chi connectivity index (χ1n) is 3.96. The summed E-state index contributed by atoms with van der Waals surface area (Å²) < 4.78 is 0. The van der Waals surface area contributed by atoms with Gasteiger partial charge in [0.15, 0.2) is 0 Å². The van der Waals surface area contributed by atoms with Crippen LogP contribution in [0.1, 0.15) is 13.8 Å². The number of aromatic nitrogens is 1. The average Bonchev–Trinajstić information content (AvgIpc) is 2.55. The number of thiophene rings is 1. The fourth-order valence-electron chi connectivity index (χ4n) is 0.881. The highest BCUT2D eigenvalue weighted by Crippen LogP contribution is 2.28. The van der Waals surface area contributed by atoms with Crippen molar-refractivity contribution in [2.45, 2.75) is 13.8 Å². The van der Waals surface area contributed by atoms with E-state index in [2.05, 4.69) is 4.98 Å². The zero-order valence-corrected chi connectivity index (χ0v) is 9.67. The van der Waals surface area contributed by atoms with Crippen molar-refractivity contribution in [1.29, 1.82) is 0 Å². The van der Waals surface area contributed by atoms with Crippen LogP contribution in [0, 0.1) is 0 Å². The fourth-order valence-corrected chi connectivity index (χ4v) is 2.28. The van der Waals surface area contributed by atoms with Crippen LogP contribution in [-0.4, -0.2) is 4.98 Å². The normalized spacial score (nSPS) is 9.54. The second-order valence-electron chi connectivity index (χ2n) is 2.07. The van der Waals surface area contributed by atoms with Gasteiger partial charge in [0, 0.05) is 5.39 Å². The lowest BCUT2D eigenvalue weighted by Crippen LogP contribution is -1.74. The summed E-state index contributed by atoms with van der Waals surface area (Å²) in [4.78, 5) is 4.99. The van der Waals surface area contributed by atoms with Crippen molar-refractivity contribution in [3.8, 4) is 0 Å². The molecule has 0 radical (unpaired) electrons. The maximum atomic E-state index is 5.89. The van der Waals surface area contributed by atoms with Gasteiger partial charge in [-0.15, -0.1) is 11.3 Å². The van der Waals surface area contributed by atoms with Crippen molar-refractivity contribution >= 4 is 44.8 Å². The molecule has 2 rings (SSSR count). The van der Waals surface area contributed by atoms with E-state index < -0.39 is 0 Å². The SMILES string of the molecule is CC.Clc1cc(Cl)c2ccsc2n1. The molecule has 0 fully saturated rings. The Morgan fingerprint density at radius 3 is 2.69 bits per heavy atom. The number of halogens is 2. The molecule has 0 bridgehead atoms. The van der Waals surface area contributed by atoms with Crippen molar-refractivity contribution in [3.05, 3.63) is 27.7 Å². The molecule has 0 atom stereocenters. The third-order valence-electron chi connectivity index (χ3n) is 1.36. The quantitative estimate of drug-likeness (QED) is 0.605. The standard InChI is InChI=1S/C7H3Cl2NS.C2H6/c8-5-3-6(9)10-7-4(5)1-2-11-7;1-2/h1-3H;1-2H3. The van der Waals surface area contributed by atoms with Gasteiger partial charge >= 0.3 is 0 Å². The van der Waals surface area contributed by atoms with Gasteiger partial charge in [0.05, 0.1) is 5.02 Å². The number of hydrogen-bond donors (Lipinski definition) is 0. The van der Waals surface area contributed by atoms with Crippen LogP contribution >= 0.6 is 34.5 Å². The zero-order valence-electron chi connectivity index (χ0n) is 7.34. The molecule has 0 saturated heterocycles. The summed E-state index contributed by atoms with van der Waals surface area (Å²) in [6, 6.07) is 3.59. The van der Waals surface area contributed by atoms with Gasteiger partial charge in [0.25, 0.3) is 0 Å². The molecule has 0 aromatic carbocycles. The number of hydrogen-bond acceptors (Lipinski definition) is 2. The van der Waals surface area contributed by atoms with Crippen LogP contribution in [0.4, 0.5) is 0 Å². The maximum Gasteiger partial charge on any atom is 0.132 e. The van der Waals surface area contributed by atoms with Crippen LogP contribution < -0.4 is 0 Å². The molecule has 13 heavy (non-hydrogen) atoms. The molecular formula is C9H9Cl2NS. The lowest BCUT2D eigenvalue weighted by molar-refractivity contribution is 1.44. The summed E-state index contributed by atoms with van der Waals surface area (Å²) in [7, 11) is 0. The Morgan fingerprint density at radius 2 is 2.00 bits per heavy atom. The molecule has 2 aromatic heterocycles. The third kappa shape index (κ3) is 2.33. The van der Waals surface area contributed by atoms with Crippen LogP contribution in [-0.2, 0) is 0 Å². The Balaban J connectivity index is 0.000000396. The molecule has 70 valence electrons. The van der Waals surface area contributed by atoms with Crippen molar-refractivity contribution in [3.63, 3.8) is 0 Å². The lowest BCUT2D eigenvalue weighted by Gasteiger charge is -1.92. The predicted molar refractivity (Wildman–Crippen MR) is 61.0 cm³/mol. The smallest absolute Gasteiger partial charge is 0.132 e. The Hall–Kier alpha value is -0.310. The monoisotopic (exact) mass is 233 g/mol. The molecule has 2 heterocycles. The molecule has 0 aliphatic rings. The first kappa shape index (κ1) is 10.8. The summed E-state index contributed by atoms with van der Waals surface area (Å²) >= 11 is 13.1. The second-order valence-corrected chi connectivity index (χ2v) is 3.76. The molecule has 0 amide bonds. The molecule has 0 unspecified atom stereocenters. The van der Waals surface area contributed by atoms with Gasteiger partial charge in [-0.05, 0) is 17.5 Å². The Labute approximate surface area is 91.3 Å². The Morgan fingerprint density at radius 1 is 1.31 bits per heavy atom. The molecule has 0 N–H and O–H groups in total. The van der Waals surface area contributed by atoms with E-state index in [1.807, 2.05) is 25.3 Å². The molecule has 0 aliphatic carbocycles. The maximum absolute atomic E-state index is 5.89. The van der Waals surface area contributed by atoms with E-state index in [-0.39, 0.29) is 0 Å². The highest BCUT2D eigenvalue weighted by Gasteiger charge is 2.02. The third-order valence-corrected chi connectivity index (χ3v) is 2.67. The van der Waals surface area contributed by atoms with E-state index in [9.17, 15) is 0 Å². The van der Waals surface area contributed by atoms with E-state index in [1.165, 1.54) is 11.3 Å². The summed E-state index contributed by atoms with van der Waals surface area (Å²) in [6.45, 7) is 4.00. The van der Waals surface area contributed by atoms with Gasteiger partial charge < -0.3 is 0 Å². The van der Waals surface area contributed by atoms with Gasteiger partial charge in [-0.2, -0.15) is 0 Å². The summed E-state index contributed by atoms with van der Waals surface area (Å²) in [6.07, 6.45) is 0. The average molecular weight is 234 g/mol. The molecular weight excluding hydrogens is 225 g/mol. The van der Waals surface area contributed by atoms with Crippen LogP contribution in [0.5, 0.6) is 0 Å². The minimum absolute atomic E-state index is 0.449. The Bertz CT molecular complexity index is 397. The predicted octanol–water partition coefficient (Wildman–Crippen LogP) is 4.63. The number of pyridine rings is 1. The summed E-state index contributed by atoms with van der Waals surface area (Å²) in [5, 5.41) is 4.03. The summed E-state index contributed by atoms with van der Waals surface area (Å²) in [5.41, 5.74) is 0. The molecule has 0 saturated carbocycles. The van der Waals surface area contributed by atoms with Crippen LogP contribution in [0.25, 0.3) is 10.2 Å². The minimum atomic E-state index is 0.449. The Kier molecular flexibility index (Phi) is 3.97. The van der Waals surface area contributed by atoms with Crippen molar-refractivity contribution < 1.29 is 0 Å². The lowest BCUT2D eigenvalue weighted by atomic mass is 10.3. The van der Waals surface area contributed by atoms with Crippen LogP contribution in [0.2, 0.25) is 10.2 Å². The molecule has 4 heteroatoms. The van der Waals surface area contributed by atoms with E-state index >= 15 is 0 Å². The summed E-state index contributed by atoms with van der Waals surface area (Å²) in [5.74, 6) is 0. The first-order valence-corrected chi connectivity index (χ1v) is 5.60. The van der Waals surface area contributed by atoms with Crippen molar-refractivity contribution in [2.24, 2.45) is 0 Å². The largest absolute Gasteiger partial charge is 0.225 e. The van der Waals surface area contributed by atoms with E-state index in [1.54, 1.807) is 6.07 Å². The minimum Gasteiger partial charge on any atom is -0.225 e. The zero-order chi connectivity index (χ0) is 9.84. The van der Waals surface area contributed by atoms with Gasteiger partial charge in [-0.1, -0.05) is 37.0 Å². The van der Waals surface area contributed by atoms with Crippen LogP contribution in [0.3, 0.4) is 0 Å². The van der Waals surface area contributed by atoms with E-state index in [0.29, 0.717) is 10.2 Å². The number of nitrogens with zero attached hydrogens (tertiary/aromatic N) is 1. The van der Waals surface area contributed by atoms with Crippen molar-refractivity contribution in [2.75, 3.05) is 0 Å². The van der Waals surface area contributed by atoms with Crippen molar-refractivity contribution in [1.82, 2.24) is 4.98 Å². The topological polar surface area (TPSA) is 12.9 Å². The van der Waals surface area contributed by atoms with E-state index in [0.717, 1.165) is 10.2 Å². The van der Waals surface area contributed by atoms with Crippen LogP contribution in [0.15, 0.2) is 17.5 Å². The van der Waals surface area contributed by atoms with Gasteiger partial charge in [-0.3, -0.25) is 0 Å². The molecule has 0 spiro atoms. The first-order chi connectivity index (χ1) is 6.27. The highest BCUT2D eigenvalue weighted by atomic mass is 35.5. The highest BCUT2D eigenvalue weighted by molar-refractivity contribution is 7.16. The number of rotatable bonds is 0.